The average molecular weight is 397 g/mol. The third-order valence-electron chi connectivity index (χ3n) is 5.36. The Morgan fingerprint density at radius 3 is 2.86 bits per heavy atom. The van der Waals surface area contributed by atoms with Crippen molar-refractivity contribution in [2.24, 2.45) is 0 Å². The predicted octanol–water partition coefficient (Wildman–Crippen LogP) is 2.89. The number of halogens is 1. The average Bonchev–Trinajstić information content (AvgIpc) is 3.34. The minimum atomic E-state index is -0.574. The molecule has 2 aliphatic rings. The Morgan fingerprint density at radius 1 is 1.28 bits per heavy atom. The van der Waals surface area contributed by atoms with Crippen LogP contribution in [0.3, 0.4) is 0 Å². The first-order valence-corrected chi connectivity index (χ1v) is 9.43. The van der Waals surface area contributed by atoms with Gasteiger partial charge >= 0.3 is 6.09 Å². The van der Waals surface area contributed by atoms with Crippen molar-refractivity contribution in [2.75, 3.05) is 18.0 Å². The normalized spacial score (nSPS) is 18.2. The van der Waals surface area contributed by atoms with Crippen molar-refractivity contribution in [3.8, 4) is 0 Å². The molecule has 8 nitrogen and oxygen atoms in total. The Bertz CT molecular complexity index is 1150. The summed E-state index contributed by atoms with van der Waals surface area (Å²) in [6, 6.07) is 6.03. The number of carbonyl (C=O) groups is 2. The van der Waals surface area contributed by atoms with Crippen LogP contribution in [0.1, 0.15) is 30.0 Å². The van der Waals surface area contributed by atoms with Crippen LogP contribution in [-0.4, -0.2) is 50.4 Å². The number of hydrogen-bond donors (Lipinski definition) is 1. The lowest BCUT2D eigenvalue weighted by atomic mass is 10.1. The lowest BCUT2D eigenvalue weighted by molar-refractivity contribution is 0.0701. The van der Waals surface area contributed by atoms with E-state index in [1.165, 1.54) is 12.1 Å². The van der Waals surface area contributed by atoms with E-state index in [0.717, 1.165) is 5.69 Å². The summed E-state index contributed by atoms with van der Waals surface area (Å²) in [7, 11) is 0. The number of fused-ring (bicyclic) bond motifs is 2. The molecular weight excluding hydrogens is 377 g/mol. The van der Waals surface area contributed by atoms with Crippen LogP contribution in [-0.2, 0) is 17.8 Å². The Balaban J connectivity index is 1.42. The lowest BCUT2D eigenvalue weighted by Gasteiger charge is -2.29. The van der Waals surface area contributed by atoms with E-state index in [4.69, 9.17) is 4.74 Å². The van der Waals surface area contributed by atoms with Crippen LogP contribution in [0.4, 0.5) is 14.9 Å². The summed E-state index contributed by atoms with van der Waals surface area (Å²) in [5.74, 6) is -0.522. The fourth-order valence-electron chi connectivity index (χ4n) is 3.97. The molecule has 2 amide bonds. The predicted molar refractivity (Wildman–Crippen MR) is 103 cm³/mol. The smallest absolute Gasteiger partial charge is 0.415 e. The molecule has 0 bridgehead atoms. The number of ether oxygens (including phenoxy) is 1. The van der Waals surface area contributed by atoms with Crippen LogP contribution in [0.2, 0.25) is 0 Å². The van der Waals surface area contributed by atoms with Gasteiger partial charge in [0.2, 0.25) is 0 Å². The SMILES string of the molecule is CC1(C)CN(c2cnn3c2CN(C(=O)c2cc4cc(F)ccc4[nH]2)CC3)C(=O)O1. The summed E-state index contributed by atoms with van der Waals surface area (Å²) >= 11 is 0. The summed E-state index contributed by atoms with van der Waals surface area (Å²) < 4.78 is 20.7. The van der Waals surface area contributed by atoms with Crippen LogP contribution in [0.25, 0.3) is 10.9 Å². The van der Waals surface area contributed by atoms with Crippen molar-refractivity contribution in [2.45, 2.75) is 32.5 Å². The quantitative estimate of drug-likeness (QED) is 0.721. The second kappa shape index (κ2) is 6.07. The fraction of sp³-hybridized carbons (Fsp3) is 0.350. The van der Waals surface area contributed by atoms with E-state index in [1.54, 1.807) is 28.1 Å². The zero-order valence-electron chi connectivity index (χ0n) is 16.1. The van der Waals surface area contributed by atoms with Gasteiger partial charge in [0.05, 0.1) is 37.2 Å². The third-order valence-corrected chi connectivity index (χ3v) is 5.36. The van der Waals surface area contributed by atoms with Gasteiger partial charge in [0.15, 0.2) is 0 Å². The third kappa shape index (κ3) is 2.93. The molecule has 5 rings (SSSR count). The maximum atomic E-state index is 13.4. The molecule has 1 N–H and O–H groups in total. The van der Waals surface area contributed by atoms with Crippen LogP contribution in [0.15, 0.2) is 30.5 Å². The Kier molecular flexibility index (Phi) is 3.71. The van der Waals surface area contributed by atoms with E-state index in [0.29, 0.717) is 48.5 Å². The van der Waals surface area contributed by atoms with Gasteiger partial charge in [0.1, 0.15) is 17.1 Å². The Hall–Kier alpha value is -3.36. The minimum absolute atomic E-state index is 0.177. The van der Waals surface area contributed by atoms with E-state index >= 15 is 0 Å². The van der Waals surface area contributed by atoms with Gasteiger partial charge in [-0.1, -0.05) is 0 Å². The standard InChI is InChI=1S/C20H20FN5O3/c1-20(2)11-25(19(28)29-20)16-9-22-26-6-5-24(10-17(16)26)18(27)15-8-12-7-13(21)3-4-14(12)23-15/h3-4,7-9,23H,5-6,10-11H2,1-2H3. The number of H-pyrrole nitrogens is 1. The van der Waals surface area contributed by atoms with E-state index < -0.39 is 11.7 Å². The number of cyclic esters (lactones) is 1. The number of amides is 2. The number of rotatable bonds is 2. The molecule has 0 aliphatic carbocycles. The zero-order valence-corrected chi connectivity index (χ0v) is 16.1. The molecule has 29 heavy (non-hydrogen) atoms. The van der Waals surface area contributed by atoms with Crippen molar-refractivity contribution in [3.63, 3.8) is 0 Å². The van der Waals surface area contributed by atoms with Crippen molar-refractivity contribution < 1.29 is 18.7 Å². The van der Waals surface area contributed by atoms with Gasteiger partial charge in [0.25, 0.3) is 5.91 Å². The molecular formula is C20H20FN5O3. The van der Waals surface area contributed by atoms with Crippen molar-refractivity contribution in [3.05, 3.63) is 47.7 Å². The van der Waals surface area contributed by atoms with E-state index in [1.807, 2.05) is 18.5 Å². The number of aromatic amines is 1. The maximum Gasteiger partial charge on any atom is 0.415 e. The Labute approximate surface area is 165 Å². The van der Waals surface area contributed by atoms with Gasteiger partial charge in [-0.2, -0.15) is 5.10 Å². The summed E-state index contributed by atoms with van der Waals surface area (Å²) in [6.07, 6.45) is 1.24. The molecule has 0 atom stereocenters. The number of nitrogens with zero attached hydrogens (tertiary/aromatic N) is 4. The minimum Gasteiger partial charge on any atom is -0.441 e. The molecule has 2 aromatic heterocycles. The van der Waals surface area contributed by atoms with E-state index in [9.17, 15) is 14.0 Å². The molecule has 1 saturated heterocycles. The molecule has 0 radical (unpaired) electrons. The molecule has 4 heterocycles. The fourth-order valence-corrected chi connectivity index (χ4v) is 3.97. The highest BCUT2D eigenvalue weighted by molar-refractivity contribution is 5.98. The number of benzene rings is 1. The van der Waals surface area contributed by atoms with Crippen LogP contribution >= 0.6 is 0 Å². The van der Waals surface area contributed by atoms with Gasteiger partial charge in [0, 0.05) is 17.4 Å². The molecule has 2 aliphatic heterocycles. The van der Waals surface area contributed by atoms with Gasteiger partial charge in [-0.15, -0.1) is 0 Å². The first-order chi connectivity index (χ1) is 13.8. The Morgan fingerprint density at radius 2 is 2.10 bits per heavy atom. The molecule has 3 aromatic rings. The largest absolute Gasteiger partial charge is 0.441 e. The monoisotopic (exact) mass is 397 g/mol. The molecule has 1 aromatic carbocycles. The number of aromatic nitrogens is 3. The number of nitrogens with one attached hydrogen (secondary N) is 1. The summed E-state index contributed by atoms with van der Waals surface area (Å²) in [5.41, 5.74) is 2.00. The molecule has 1 fully saturated rings. The highest BCUT2D eigenvalue weighted by Crippen LogP contribution is 2.32. The molecule has 0 unspecified atom stereocenters. The van der Waals surface area contributed by atoms with Crippen LogP contribution in [0.5, 0.6) is 0 Å². The van der Waals surface area contributed by atoms with Gasteiger partial charge in [-0.05, 0) is 38.1 Å². The highest BCUT2D eigenvalue weighted by Gasteiger charge is 2.40. The van der Waals surface area contributed by atoms with Gasteiger partial charge in [-0.25, -0.2) is 9.18 Å². The van der Waals surface area contributed by atoms with Crippen molar-refractivity contribution in [1.29, 1.82) is 0 Å². The maximum absolute atomic E-state index is 13.4. The lowest BCUT2D eigenvalue weighted by Crippen LogP contribution is -2.39. The first kappa shape index (κ1) is 17.7. The van der Waals surface area contributed by atoms with Gasteiger partial charge in [-0.3, -0.25) is 14.4 Å². The summed E-state index contributed by atoms with van der Waals surface area (Å²) in [5, 5.41) is 5.03. The van der Waals surface area contributed by atoms with Gasteiger partial charge < -0.3 is 14.6 Å². The molecule has 150 valence electrons. The zero-order chi connectivity index (χ0) is 20.3. The van der Waals surface area contributed by atoms with Crippen molar-refractivity contribution >= 4 is 28.6 Å². The number of hydrogen-bond acceptors (Lipinski definition) is 4. The molecule has 0 spiro atoms. The summed E-state index contributed by atoms with van der Waals surface area (Å²) in [4.78, 5) is 31.7. The first-order valence-electron chi connectivity index (χ1n) is 9.43. The molecule has 0 saturated carbocycles. The number of carbonyl (C=O) groups excluding carboxylic acids is 2. The van der Waals surface area contributed by atoms with Crippen molar-refractivity contribution in [1.82, 2.24) is 19.7 Å². The van der Waals surface area contributed by atoms with Crippen LogP contribution in [0, 0.1) is 5.82 Å². The second-order valence-electron chi connectivity index (χ2n) is 8.05. The topological polar surface area (TPSA) is 83.5 Å². The number of anilines is 1. The summed E-state index contributed by atoms with van der Waals surface area (Å²) in [6.45, 7) is 5.48. The second-order valence-corrected chi connectivity index (χ2v) is 8.05. The van der Waals surface area contributed by atoms with E-state index in [2.05, 4.69) is 10.1 Å². The van der Waals surface area contributed by atoms with Crippen LogP contribution < -0.4 is 4.90 Å². The highest BCUT2D eigenvalue weighted by atomic mass is 19.1. The van der Waals surface area contributed by atoms with E-state index in [-0.39, 0.29) is 11.7 Å². The molecule has 9 heteroatoms.